The van der Waals surface area contributed by atoms with Gasteiger partial charge in [0.2, 0.25) is 5.91 Å². The molecule has 0 spiro atoms. The van der Waals surface area contributed by atoms with E-state index in [0.29, 0.717) is 12.0 Å². The topological polar surface area (TPSA) is 83.6 Å². The highest BCUT2D eigenvalue weighted by Crippen LogP contribution is 1.91. The summed E-state index contributed by atoms with van der Waals surface area (Å²) in [5, 5.41) is 8.34. The summed E-state index contributed by atoms with van der Waals surface area (Å²) >= 11 is 0. The molecule has 0 saturated heterocycles. The number of carboxylic acid groups (broad SMARTS) is 1. The van der Waals surface area contributed by atoms with Crippen LogP contribution in [0.2, 0.25) is 0 Å². The fraction of sp³-hybridized carbons (Fsp3) is 0.556. The van der Waals surface area contributed by atoms with Crippen LogP contribution in [0.5, 0.6) is 0 Å². The van der Waals surface area contributed by atoms with E-state index in [4.69, 9.17) is 5.11 Å². The SMILES string of the molecule is CC(=CN(C)C)C(=O)O.CCC(N)=O. The molecular formula is C9H18N2O3. The fourth-order valence-electron chi connectivity index (χ4n) is 0.443. The van der Waals surface area contributed by atoms with Gasteiger partial charge in [0.05, 0.1) is 0 Å². The average molecular weight is 202 g/mol. The van der Waals surface area contributed by atoms with Gasteiger partial charge in [-0.05, 0) is 6.92 Å². The van der Waals surface area contributed by atoms with Crippen molar-refractivity contribution in [2.24, 2.45) is 5.73 Å². The first-order chi connectivity index (χ1) is 6.31. The highest BCUT2D eigenvalue weighted by atomic mass is 16.4. The molecule has 0 unspecified atom stereocenters. The van der Waals surface area contributed by atoms with Crippen molar-refractivity contribution in [3.05, 3.63) is 11.8 Å². The molecule has 5 nitrogen and oxygen atoms in total. The van der Waals surface area contributed by atoms with E-state index in [1.54, 1.807) is 39.0 Å². The highest BCUT2D eigenvalue weighted by Gasteiger charge is 1.97. The first-order valence-corrected chi connectivity index (χ1v) is 4.17. The quantitative estimate of drug-likeness (QED) is 0.649. The first kappa shape index (κ1) is 15.0. The van der Waals surface area contributed by atoms with E-state index in [9.17, 15) is 9.59 Å². The molecule has 1 amide bonds. The van der Waals surface area contributed by atoms with Crippen molar-refractivity contribution in [2.45, 2.75) is 20.3 Å². The van der Waals surface area contributed by atoms with Gasteiger partial charge in [-0.2, -0.15) is 0 Å². The van der Waals surface area contributed by atoms with Crippen LogP contribution >= 0.6 is 0 Å². The molecule has 0 heterocycles. The average Bonchev–Trinajstić information content (AvgIpc) is 2.04. The van der Waals surface area contributed by atoms with Crippen LogP contribution in [0.1, 0.15) is 20.3 Å². The lowest BCUT2D eigenvalue weighted by molar-refractivity contribution is -0.132. The number of hydrogen-bond donors (Lipinski definition) is 2. The van der Waals surface area contributed by atoms with E-state index in [-0.39, 0.29) is 5.91 Å². The number of hydrogen-bond acceptors (Lipinski definition) is 3. The van der Waals surface area contributed by atoms with Crippen LogP contribution in [-0.2, 0) is 9.59 Å². The Bertz CT molecular complexity index is 222. The molecule has 82 valence electrons. The molecule has 0 aromatic rings. The Morgan fingerprint density at radius 2 is 1.79 bits per heavy atom. The van der Waals surface area contributed by atoms with Gasteiger partial charge in [0.15, 0.2) is 0 Å². The summed E-state index contributed by atoms with van der Waals surface area (Å²) in [6.07, 6.45) is 2.00. The van der Waals surface area contributed by atoms with Gasteiger partial charge >= 0.3 is 5.97 Å². The number of rotatable bonds is 3. The molecule has 0 atom stereocenters. The maximum absolute atomic E-state index is 10.1. The number of nitrogens with zero attached hydrogens (tertiary/aromatic N) is 1. The van der Waals surface area contributed by atoms with Crippen LogP contribution in [0.15, 0.2) is 11.8 Å². The lowest BCUT2D eigenvalue weighted by Gasteiger charge is -2.03. The number of carbonyl (C=O) groups excluding carboxylic acids is 1. The third-order valence-corrected chi connectivity index (χ3v) is 1.14. The zero-order valence-electron chi connectivity index (χ0n) is 9.07. The van der Waals surface area contributed by atoms with Crippen LogP contribution in [0, 0.1) is 0 Å². The van der Waals surface area contributed by atoms with Crippen molar-refractivity contribution >= 4 is 11.9 Å². The van der Waals surface area contributed by atoms with Gasteiger partial charge in [-0.1, -0.05) is 6.92 Å². The van der Waals surface area contributed by atoms with E-state index in [1.165, 1.54) is 0 Å². The maximum Gasteiger partial charge on any atom is 0.332 e. The van der Waals surface area contributed by atoms with Crippen molar-refractivity contribution in [1.29, 1.82) is 0 Å². The lowest BCUT2D eigenvalue weighted by atomic mass is 10.3. The van der Waals surface area contributed by atoms with Crippen molar-refractivity contribution in [3.8, 4) is 0 Å². The molecule has 0 aliphatic carbocycles. The van der Waals surface area contributed by atoms with E-state index < -0.39 is 5.97 Å². The van der Waals surface area contributed by atoms with E-state index in [2.05, 4.69) is 5.73 Å². The molecule has 0 aliphatic heterocycles. The number of primary amides is 1. The molecule has 5 heteroatoms. The summed E-state index contributed by atoms with van der Waals surface area (Å²) in [6.45, 7) is 3.28. The molecule has 0 rings (SSSR count). The molecule has 0 fully saturated rings. The second kappa shape index (κ2) is 8.10. The first-order valence-electron chi connectivity index (χ1n) is 4.17. The number of carboxylic acids is 1. The Hall–Kier alpha value is -1.52. The van der Waals surface area contributed by atoms with E-state index in [0.717, 1.165) is 0 Å². The number of aliphatic carboxylic acids is 1. The maximum atomic E-state index is 10.1. The molecule has 0 bridgehead atoms. The second-order valence-corrected chi connectivity index (χ2v) is 2.90. The van der Waals surface area contributed by atoms with Crippen LogP contribution < -0.4 is 5.73 Å². The molecule has 0 radical (unpaired) electrons. The van der Waals surface area contributed by atoms with Crippen molar-refractivity contribution < 1.29 is 14.7 Å². The van der Waals surface area contributed by atoms with Crippen LogP contribution in [0.4, 0.5) is 0 Å². The predicted octanol–water partition coefficient (Wildman–Crippen LogP) is 0.418. The molecule has 0 aromatic heterocycles. The Labute approximate surface area is 84.2 Å². The smallest absolute Gasteiger partial charge is 0.332 e. The highest BCUT2D eigenvalue weighted by molar-refractivity contribution is 5.85. The molecule has 0 aromatic carbocycles. The van der Waals surface area contributed by atoms with E-state index in [1.807, 2.05) is 0 Å². The third kappa shape index (κ3) is 13.1. The van der Waals surface area contributed by atoms with Crippen molar-refractivity contribution in [1.82, 2.24) is 4.90 Å². The Morgan fingerprint density at radius 3 is 1.86 bits per heavy atom. The Kier molecular flexibility index (Phi) is 8.66. The summed E-state index contributed by atoms with van der Waals surface area (Å²) in [5.41, 5.74) is 5.00. The zero-order valence-corrected chi connectivity index (χ0v) is 9.07. The van der Waals surface area contributed by atoms with Gasteiger partial charge in [-0.15, -0.1) is 0 Å². The molecular weight excluding hydrogens is 184 g/mol. The van der Waals surface area contributed by atoms with Crippen LogP contribution in [0.25, 0.3) is 0 Å². The predicted molar refractivity (Wildman–Crippen MR) is 54.6 cm³/mol. The molecule has 0 saturated carbocycles. The standard InChI is InChI=1S/C6H11NO2.C3H7NO/c1-5(6(8)9)4-7(2)3;1-2-3(4)5/h4H,1-3H3,(H,8,9);2H2,1H3,(H2,4,5). The van der Waals surface area contributed by atoms with E-state index >= 15 is 0 Å². The van der Waals surface area contributed by atoms with Crippen molar-refractivity contribution in [2.75, 3.05) is 14.1 Å². The van der Waals surface area contributed by atoms with Gasteiger partial charge in [0.1, 0.15) is 0 Å². The number of nitrogens with two attached hydrogens (primary N) is 1. The minimum absolute atomic E-state index is 0.245. The number of amides is 1. The normalized spacial score (nSPS) is 9.86. The zero-order chi connectivity index (χ0) is 11.7. The Balaban J connectivity index is 0. The van der Waals surface area contributed by atoms with Gasteiger partial charge in [-0.3, -0.25) is 4.79 Å². The Morgan fingerprint density at radius 1 is 1.43 bits per heavy atom. The van der Waals surface area contributed by atoms with Gasteiger partial charge in [0.25, 0.3) is 0 Å². The summed E-state index contributed by atoms with van der Waals surface area (Å²) in [5.74, 6) is -1.12. The van der Waals surface area contributed by atoms with Gasteiger partial charge in [0, 0.05) is 32.3 Å². The largest absolute Gasteiger partial charge is 0.478 e. The van der Waals surface area contributed by atoms with Gasteiger partial charge < -0.3 is 15.7 Å². The lowest BCUT2D eigenvalue weighted by Crippen LogP contribution is -2.06. The summed E-state index contributed by atoms with van der Waals surface area (Å²) in [7, 11) is 3.57. The van der Waals surface area contributed by atoms with Gasteiger partial charge in [-0.25, -0.2) is 4.79 Å². The second-order valence-electron chi connectivity index (χ2n) is 2.90. The van der Waals surface area contributed by atoms with Crippen LogP contribution in [0.3, 0.4) is 0 Å². The molecule has 14 heavy (non-hydrogen) atoms. The number of carbonyl (C=O) groups is 2. The summed E-state index contributed by atoms with van der Waals surface area (Å²) < 4.78 is 0. The van der Waals surface area contributed by atoms with Crippen LogP contribution in [-0.4, -0.2) is 36.0 Å². The summed E-state index contributed by atoms with van der Waals surface area (Å²) in [4.78, 5) is 21.4. The minimum atomic E-state index is -0.872. The minimum Gasteiger partial charge on any atom is -0.478 e. The molecule has 3 N–H and O–H groups in total. The van der Waals surface area contributed by atoms with Crippen molar-refractivity contribution in [3.63, 3.8) is 0 Å². The third-order valence-electron chi connectivity index (χ3n) is 1.14. The molecule has 0 aliphatic rings. The monoisotopic (exact) mass is 202 g/mol. The fourth-order valence-corrected chi connectivity index (χ4v) is 0.443. The summed E-state index contributed by atoms with van der Waals surface area (Å²) in [6, 6.07) is 0.